The normalized spacial score (nSPS) is 13.6. The Labute approximate surface area is 156 Å². The fourth-order valence-electron chi connectivity index (χ4n) is 2.71. The molecule has 0 aromatic carbocycles. The van der Waals surface area contributed by atoms with Gasteiger partial charge in [-0.15, -0.1) is 0 Å². The van der Waals surface area contributed by atoms with Crippen molar-refractivity contribution < 1.29 is 0 Å². The summed E-state index contributed by atoms with van der Waals surface area (Å²) < 4.78 is 0.791. The second-order valence-corrected chi connectivity index (χ2v) is 6.65. The number of aromatic nitrogens is 2. The van der Waals surface area contributed by atoms with Crippen LogP contribution in [-0.4, -0.2) is 23.1 Å². The average Bonchev–Trinajstić information content (AvgIpc) is 2.62. The first kappa shape index (κ1) is 17.2. The predicted molar refractivity (Wildman–Crippen MR) is 102 cm³/mol. The van der Waals surface area contributed by atoms with E-state index >= 15 is 0 Å². The summed E-state index contributed by atoms with van der Waals surface area (Å²) in [5, 5.41) is 9.28. The molecule has 0 unspecified atom stereocenters. The van der Waals surface area contributed by atoms with Gasteiger partial charge in [0, 0.05) is 18.8 Å². The largest absolute Gasteiger partial charge is 0.355 e. The van der Waals surface area contributed by atoms with Gasteiger partial charge < -0.3 is 4.90 Å². The molecule has 2 aromatic rings. The number of anilines is 1. The zero-order valence-corrected chi connectivity index (χ0v) is 15.5. The molecule has 1 aliphatic rings. The maximum absolute atomic E-state index is 9.28. The zero-order valence-electron chi connectivity index (χ0n) is 14.0. The van der Waals surface area contributed by atoms with Crippen LogP contribution in [0.4, 0.5) is 5.82 Å². The Morgan fingerprint density at radius 2 is 1.96 bits per heavy atom. The first-order valence-corrected chi connectivity index (χ1v) is 8.90. The van der Waals surface area contributed by atoms with E-state index in [1.807, 2.05) is 43.3 Å². The second kappa shape index (κ2) is 7.96. The van der Waals surface area contributed by atoms with Gasteiger partial charge >= 0.3 is 0 Å². The van der Waals surface area contributed by atoms with Gasteiger partial charge in [0.05, 0.1) is 5.56 Å². The van der Waals surface area contributed by atoms with Gasteiger partial charge in [-0.3, -0.25) is 0 Å². The molecule has 3 rings (SSSR count). The molecule has 3 heterocycles. The van der Waals surface area contributed by atoms with Crippen LogP contribution in [0.25, 0.3) is 0 Å². The minimum atomic E-state index is 0.638. The summed E-state index contributed by atoms with van der Waals surface area (Å²) in [5.41, 5.74) is 3.65. The third-order valence-corrected chi connectivity index (χ3v) is 4.47. The van der Waals surface area contributed by atoms with Crippen molar-refractivity contribution in [1.29, 1.82) is 5.26 Å². The summed E-state index contributed by atoms with van der Waals surface area (Å²) in [6, 6.07) is 11.7. The summed E-state index contributed by atoms with van der Waals surface area (Å²) in [4.78, 5) is 11.0. The van der Waals surface area contributed by atoms with E-state index < -0.39 is 0 Å². The lowest BCUT2D eigenvalue weighted by Gasteiger charge is -2.30. The van der Waals surface area contributed by atoms with Crippen molar-refractivity contribution in [2.75, 3.05) is 18.0 Å². The highest BCUT2D eigenvalue weighted by atomic mass is 79.9. The van der Waals surface area contributed by atoms with Gasteiger partial charge in [-0.05, 0) is 72.0 Å². The highest BCUT2D eigenvalue weighted by Crippen LogP contribution is 2.24. The molecule has 1 fully saturated rings. The number of hydrogen-bond donors (Lipinski definition) is 0. The fraction of sp³-hybridized carbons (Fsp3) is 0.250. The Hall–Kier alpha value is -2.63. The monoisotopic (exact) mass is 392 g/mol. The third-order valence-electron chi connectivity index (χ3n) is 4.03. The molecule has 0 radical (unpaired) electrons. The third kappa shape index (κ3) is 4.47. The first-order valence-electron chi connectivity index (χ1n) is 8.10. The standard InChI is InChI=1S/C20H17BrN4/c1-15-8-9-17(14-22)20(23-15)25-12-10-16(11-13-25)4-2-5-18-6-3-7-19(21)24-18/h3-4,6-9H,10-13H2,1H3. The lowest BCUT2D eigenvalue weighted by molar-refractivity contribution is 0.676. The number of hydrogen-bond acceptors (Lipinski definition) is 4. The van der Waals surface area contributed by atoms with Gasteiger partial charge in [-0.25, -0.2) is 9.97 Å². The number of allylic oxidation sites excluding steroid dienone is 1. The van der Waals surface area contributed by atoms with Crippen LogP contribution in [0.5, 0.6) is 0 Å². The molecule has 0 atom stereocenters. The maximum Gasteiger partial charge on any atom is 0.146 e. The molecule has 2 aromatic heterocycles. The number of nitriles is 1. The SMILES string of the molecule is Cc1ccc(C#N)c(N2CCC(=CC#Cc3cccc(Br)n3)CC2)n1. The van der Waals surface area contributed by atoms with Crippen molar-refractivity contribution in [3.8, 4) is 17.9 Å². The van der Waals surface area contributed by atoms with Crippen LogP contribution in [-0.2, 0) is 0 Å². The Morgan fingerprint density at radius 1 is 1.16 bits per heavy atom. The number of pyridine rings is 2. The Kier molecular flexibility index (Phi) is 5.48. The van der Waals surface area contributed by atoms with E-state index in [1.54, 1.807) is 0 Å². The van der Waals surface area contributed by atoms with E-state index in [2.05, 4.69) is 48.7 Å². The molecule has 25 heavy (non-hydrogen) atoms. The van der Waals surface area contributed by atoms with Gasteiger partial charge in [0.15, 0.2) is 0 Å². The van der Waals surface area contributed by atoms with E-state index in [1.165, 1.54) is 5.57 Å². The Bertz CT molecular complexity index is 905. The minimum Gasteiger partial charge on any atom is -0.355 e. The number of nitrogens with zero attached hydrogens (tertiary/aromatic N) is 4. The molecule has 124 valence electrons. The topological polar surface area (TPSA) is 52.8 Å². The van der Waals surface area contributed by atoms with Crippen molar-refractivity contribution in [1.82, 2.24) is 9.97 Å². The number of aryl methyl sites for hydroxylation is 1. The van der Waals surface area contributed by atoms with E-state index in [4.69, 9.17) is 0 Å². The zero-order chi connectivity index (χ0) is 17.6. The van der Waals surface area contributed by atoms with Crippen molar-refractivity contribution in [2.45, 2.75) is 19.8 Å². The average molecular weight is 393 g/mol. The van der Waals surface area contributed by atoms with Crippen LogP contribution < -0.4 is 4.90 Å². The fourth-order valence-corrected chi connectivity index (χ4v) is 3.06. The van der Waals surface area contributed by atoms with Gasteiger partial charge in [0.25, 0.3) is 0 Å². The van der Waals surface area contributed by atoms with Crippen LogP contribution >= 0.6 is 15.9 Å². The number of piperidine rings is 1. The van der Waals surface area contributed by atoms with Crippen LogP contribution in [0, 0.1) is 30.1 Å². The second-order valence-electron chi connectivity index (χ2n) is 5.84. The quantitative estimate of drug-likeness (QED) is 0.543. The summed E-state index contributed by atoms with van der Waals surface area (Å²) >= 11 is 3.35. The highest BCUT2D eigenvalue weighted by molar-refractivity contribution is 9.10. The molecular weight excluding hydrogens is 376 g/mol. The van der Waals surface area contributed by atoms with Crippen LogP contribution in [0.2, 0.25) is 0 Å². The molecule has 0 saturated carbocycles. The smallest absolute Gasteiger partial charge is 0.146 e. The maximum atomic E-state index is 9.28. The summed E-state index contributed by atoms with van der Waals surface area (Å²) in [6.07, 6.45) is 3.86. The minimum absolute atomic E-state index is 0.638. The van der Waals surface area contributed by atoms with Gasteiger partial charge in [0.2, 0.25) is 0 Å². The van der Waals surface area contributed by atoms with E-state index in [9.17, 15) is 5.26 Å². The van der Waals surface area contributed by atoms with E-state index in [0.29, 0.717) is 5.56 Å². The molecule has 1 saturated heterocycles. The highest BCUT2D eigenvalue weighted by Gasteiger charge is 2.18. The van der Waals surface area contributed by atoms with Crippen molar-refractivity contribution in [2.24, 2.45) is 0 Å². The lowest BCUT2D eigenvalue weighted by Crippen LogP contribution is -2.32. The molecule has 0 spiro atoms. The Balaban J connectivity index is 1.67. The van der Waals surface area contributed by atoms with Gasteiger partial charge in [-0.1, -0.05) is 17.6 Å². The predicted octanol–water partition coefficient (Wildman–Crippen LogP) is 4.00. The number of rotatable bonds is 1. The molecule has 0 aliphatic carbocycles. The Morgan fingerprint density at radius 3 is 2.68 bits per heavy atom. The van der Waals surface area contributed by atoms with Crippen LogP contribution in [0.15, 0.2) is 46.6 Å². The molecule has 0 bridgehead atoms. The molecule has 0 amide bonds. The van der Waals surface area contributed by atoms with Gasteiger partial charge in [-0.2, -0.15) is 5.26 Å². The lowest BCUT2D eigenvalue weighted by atomic mass is 10.0. The summed E-state index contributed by atoms with van der Waals surface area (Å²) in [6.45, 7) is 3.66. The van der Waals surface area contributed by atoms with Gasteiger partial charge in [0.1, 0.15) is 22.2 Å². The summed E-state index contributed by atoms with van der Waals surface area (Å²) in [7, 11) is 0. The molecule has 4 nitrogen and oxygen atoms in total. The van der Waals surface area contributed by atoms with E-state index in [-0.39, 0.29) is 0 Å². The van der Waals surface area contributed by atoms with E-state index in [0.717, 1.165) is 47.7 Å². The van der Waals surface area contributed by atoms with Crippen LogP contribution in [0.1, 0.15) is 29.8 Å². The molecule has 0 N–H and O–H groups in total. The van der Waals surface area contributed by atoms with Crippen LogP contribution in [0.3, 0.4) is 0 Å². The molecule has 1 aliphatic heterocycles. The first-order chi connectivity index (χ1) is 12.2. The molecular formula is C20H17BrN4. The van der Waals surface area contributed by atoms with Crippen molar-refractivity contribution in [3.05, 3.63) is 63.5 Å². The molecule has 5 heteroatoms. The van der Waals surface area contributed by atoms with Crippen molar-refractivity contribution >= 4 is 21.7 Å². The number of halogens is 1. The summed E-state index contributed by atoms with van der Waals surface area (Å²) in [5.74, 6) is 6.97. The van der Waals surface area contributed by atoms with Crippen molar-refractivity contribution in [3.63, 3.8) is 0 Å².